The van der Waals surface area contributed by atoms with Crippen molar-refractivity contribution < 1.29 is 4.79 Å². The van der Waals surface area contributed by atoms with Gasteiger partial charge in [0.15, 0.2) is 10.8 Å². The Morgan fingerprint density at radius 2 is 2.27 bits per heavy atom. The van der Waals surface area contributed by atoms with Crippen LogP contribution in [-0.2, 0) is 11.8 Å². The molecule has 0 bridgehead atoms. The topological polar surface area (TPSA) is 72.7 Å². The van der Waals surface area contributed by atoms with Crippen molar-refractivity contribution in [2.45, 2.75) is 39.5 Å². The van der Waals surface area contributed by atoms with Gasteiger partial charge in [0.1, 0.15) is 0 Å². The molecule has 7 heteroatoms. The van der Waals surface area contributed by atoms with Gasteiger partial charge < -0.3 is 9.88 Å². The predicted molar refractivity (Wildman–Crippen MR) is 86.5 cm³/mol. The van der Waals surface area contributed by atoms with Gasteiger partial charge in [0, 0.05) is 25.4 Å². The first-order valence-electron chi connectivity index (χ1n) is 7.57. The Bertz CT molecular complexity index is 675. The highest BCUT2D eigenvalue weighted by Crippen LogP contribution is 2.39. The maximum absolute atomic E-state index is 12.4. The fraction of sp³-hybridized carbons (Fsp3) is 0.600. The van der Waals surface area contributed by atoms with E-state index in [9.17, 15) is 4.79 Å². The molecule has 6 nitrogen and oxygen atoms in total. The average Bonchev–Trinajstić information content (AvgIpc) is 3.06. The molecule has 2 heterocycles. The Balaban J connectivity index is 1.68. The predicted octanol–water partition coefficient (Wildman–Crippen LogP) is 3.09. The molecule has 3 rings (SSSR count). The van der Waals surface area contributed by atoms with Crippen molar-refractivity contribution in [1.82, 2.24) is 19.7 Å². The largest absolute Gasteiger partial charge is 0.332 e. The second-order valence-electron chi connectivity index (χ2n) is 6.72. The molecule has 0 spiro atoms. The van der Waals surface area contributed by atoms with Gasteiger partial charge in [-0.3, -0.25) is 4.79 Å². The molecule has 1 fully saturated rings. The van der Waals surface area contributed by atoms with Crippen LogP contribution in [0.25, 0.3) is 10.8 Å². The first kappa shape index (κ1) is 15.1. The van der Waals surface area contributed by atoms with Crippen LogP contribution >= 0.6 is 11.3 Å². The van der Waals surface area contributed by atoms with E-state index in [2.05, 4.69) is 34.3 Å². The molecular weight excluding hydrogens is 298 g/mol. The van der Waals surface area contributed by atoms with Crippen LogP contribution < -0.4 is 5.32 Å². The molecule has 1 atom stereocenters. The zero-order chi connectivity index (χ0) is 15.7. The molecule has 1 aliphatic rings. The number of imidazole rings is 1. The molecule has 1 aliphatic carbocycles. The number of amides is 1. The number of hydrogen-bond donors (Lipinski definition) is 1. The van der Waals surface area contributed by atoms with E-state index in [1.165, 1.54) is 17.8 Å². The van der Waals surface area contributed by atoms with Crippen LogP contribution in [0.15, 0.2) is 12.4 Å². The van der Waals surface area contributed by atoms with Gasteiger partial charge in [0.2, 0.25) is 11.0 Å². The lowest BCUT2D eigenvalue weighted by atomic mass is 9.72. The molecule has 1 saturated carbocycles. The van der Waals surface area contributed by atoms with Crippen LogP contribution in [0.1, 0.15) is 39.5 Å². The Hall–Kier alpha value is -1.76. The Morgan fingerprint density at radius 1 is 1.45 bits per heavy atom. The fourth-order valence-electron chi connectivity index (χ4n) is 3.07. The highest BCUT2D eigenvalue weighted by Gasteiger charge is 2.32. The van der Waals surface area contributed by atoms with Crippen molar-refractivity contribution in [3.63, 3.8) is 0 Å². The monoisotopic (exact) mass is 319 g/mol. The molecule has 0 saturated heterocycles. The molecule has 1 N–H and O–H groups in total. The van der Waals surface area contributed by atoms with Crippen molar-refractivity contribution in [3.8, 4) is 10.8 Å². The smallest absolute Gasteiger partial charge is 0.229 e. The maximum atomic E-state index is 12.4. The van der Waals surface area contributed by atoms with Gasteiger partial charge in [-0.05, 0) is 24.7 Å². The first-order valence-corrected chi connectivity index (χ1v) is 8.38. The molecule has 22 heavy (non-hydrogen) atoms. The van der Waals surface area contributed by atoms with Crippen molar-refractivity contribution in [2.24, 2.45) is 18.4 Å². The minimum Gasteiger partial charge on any atom is -0.332 e. The zero-order valence-electron chi connectivity index (χ0n) is 13.2. The van der Waals surface area contributed by atoms with Crippen LogP contribution in [0, 0.1) is 11.3 Å². The van der Waals surface area contributed by atoms with Crippen LogP contribution in [-0.4, -0.2) is 25.7 Å². The SMILES string of the molecule is Cn1ccnc1-c1nnc(NC(=O)[C@H]2CCCC(C)(C)C2)s1. The average molecular weight is 319 g/mol. The first-order chi connectivity index (χ1) is 10.4. The van der Waals surface area contributed by atoms with Gasteiger partial charge in [-0.25, -0.2) is 4.98 Å². The number of rotatable bonds is 3. The lowest BCUT2D eigenvalue weighted by molar-refractivity contribution is -0.122. The van der Waals surface area contributed by atoms with E-state index < -0.39 is 0 Å². The minimum absolute atomic E-state index is 0.0651. The van der Waals surface area contributed by atoms with Crippen LogP contribution in [0.2, 0.25) is 0 Å². The van der Waals surface area contributed by atoms with Gasteiger partial charge in [-0.2, -0.15) is 0 Å². The summed E-state index contributed by atoms with van der Waals surface area (Å²) in [7, 11) is 1.91. The van der Waals surface area contributed by atoms with E-state index >= 15 is 0 Å². The maximum Gasteiger partial charge on any atom is 0.229 e. The summed E-state index contributed by atoms with van der Waals surface area (Å²) in [6.07, 6.45) is 7.78. The summed E-state index contributed by atoms with van der Waals surface area (Å²) in [4.78, 5) is 16.7. The number of nitrogens with zero attached hydrogens (tertiary/aromatic N) is 4. The van der Waals surface area contributed by atoms with E-state index in [0.29, 0.717) is 10.1 Å². The second kappa shape index (κ2) is 5.79. The molecular formula is C15H21N5OS. The number of aromatic nitrogens is 4. The summed E-state index contributed by atoms with van der Waals surface area (Å²) in [5.74, 6) is 0.899. The Labute approximate surface area is 134 Å². The lowest BCUT2D eigenvalue weighted by Crippen LogP contribution is -2.31. The normalized spacial score (nSPS) is 20.8. The van der Waals surface area contributed by atoms with E-state index in [1.54, 1.807) is 6.20 Å². The van der Waals surface area contributed by atoms with Crippen LogP contribution in [0.5, 0.6) is 0 Å². The lowest BCUT2D eigenvalue weighted by Gasteiger charge is -2.34. The van der Waals surface area contributed by atoms with Crippen LogP contribution in [0.3, 0.4) is 0 Å². The Morgan fingerprint density at radius 3 is 2.95 bits per heavy atom. The van der Waals surface area contributed by atoms with Crippen molar-refractivity contribution >= 4 is 22.4 Å². The molecule has 118 valence electrons. The van der Waals surface area contributed by atoms with Crippen molar-refractivity contribution in [3.05, 3.63) is 12.4 Å². The summed E-state index contributed by atoms with van der Waals surface area (Å²) < 4.78 is 1.88. The van der Waals surface area contributed by atoms with Crippen LogP contribution in [0.4, 0.5) is 5.13 Å². The zero-order valence-corrected chi connectivity index (χ0v) is 14.0. The van der Waals surface area contributed by atoms with Gasteiger partial charge in [0.25, 0.3) is 0 Å². The quantitative estimate of drug-likeness (QED) is 0.943. The third kappa shape index (κ3) is 3.19. The van der Waals surface area contributed by atoms with E-state index in [0.717, 1.165) is 25.1 Å². The summed E-state index contributed by atoms with van der Waals surface area (Å²) in [6.45, 7) is 4.47. The Kier molecular flexibility index (Phi) is 3.99. The number of hydrogen-bond acceptors (Lipinski definition) is 5. The van der Waals surface area contributed by atoms with Gasteiger partial charge in [-0.15, -0.1) is 10.2 Å². The second-order valence-corrected chi connectivity index (χ2v) is 7.70. The summed E-state index contributed by atoms with van der Waals surface area (Å²) >= 11 is 1.36. The van der Waals surface area contributed by atoms with Crippen molar-refractivity contribution in [2.75, 3.05) is 5.32 Å². The molecule has 2 aromatic rings. The number of nitrogens with one attached hydrogen (secondary N) is 1. The third-order valence-corrected chi connectivity index (χ3v) is 5.08. The molecule has 1 amide bonds. The van der Waals surface area contributed by atoms with E-state index in [1.807, 2.05) is 17.8 Å². The highest BCUT2D eigenvalue weighted by atomic mass is 32.1. The third-order valence-electron chi connectivity index (χ3n) is 4.24. The van der Waals surface area contributed by atoms with E-state index in [-0.39, 0.29) is 17.2 Å². The number of anilines is 1. The molecule has 2 aromatic heterocycles. The van der Waals surface area contributed by atoms with Gasteiger partial charge in [0.05, 0.1) is 0 Å². The van der Waals surface area contributed by atoms with Crippen molar-refractivity contribution in [1.29, 1.82) is 0 Å². The number of carbonyl (C=O) groups excluding carboxylic acids is 1. The number of aryl methyl sites for hydroxylation is 1. The van der Waals surface area contributed by atoms with E-state index in [4.69, 9.17) is 0 Å². The molecule has 0 aromatic carbocycles. The standard InChI is InChI=1S/C15H21N5OS/c1-15(2)6-4-5-10(9-15)12(21)17-14-19-18-13(22-14)11-16-7-8-20(11)3/h7-8,10H,4-6,9H2,1-3H3,(H,17,19,21)/t10-/m0/s1. The minimum atomic E-state index is 0.0651. The molecule has 0 aliphatic heterocycles. The van der Waals surface area contributed by atoms with Gasteiger partial charge >= 0.3 is 0 Å². The van der Waals surface area contributed by atoms with Gasteiger partial charge in [-0.1, -0.05) is 31.6 Å². The summed E-state index contributed by atoms with van der Waals surface area (Å²) in [6, 6.07) is 0. The number of carbonyl (C=O) groups is 1. The molecule has 0 unspecified atom stereocenters. The fourth-order valence-corrected chi connectivity index (χ4v) is 3.85. The summed E-state index contributed by atoms with van der Waals surface area (Å²) in [5, 5.41) is 12.4. The highest BCUT2D eigenvalue weighted by molar-refractivity contribution is 7.18. The summed E-state index contributed by atoms with van der Waals surface area (Å²) in [5.41, 5.74) is 0.250. The molecule has 0 radical (unpaired) electrons.